The molecule has 1 aromatic carbocycles. The molecule has 5 heteroatoms. The molecule has 0 aliphatic carbocycles. The molecule has 0 aromatic heterocycles. The third-order valence-electron chi connectivity index (χ3n) is 4.55. The summed E-state index contributed by atoms with van der Waals surface area (Å²) in [5.41, 5.74) is 1.09. The first-order chi connectivity index (χ1) is 9.28. The fourth-order valence-corrected chi connectivity index (χ4v) is 4.82. The van der Waals surface area contributed by atoms with Crippen molar-refractivity contribution in [2.45, 2.75) is 44.9 Å². The van der Waals surface area contributed by atoms with Gasteiger partial charge in [0, 0.05) is 17.6 Å². The first-order valence-electron chi connectivity index (χ1n) is 7.05. The van der Waals surface area contributed by atoms with Crippen LogP contribution in [0.25, 0.3) is 0 Å². The van der Waals surface area contributed by atoms with Crippen molar-refractivity contribution in [1.29, 1.82) is 0 Å². The van der Waals surface area contributed by atoms with Crippen LogP contribution in [-0.2, 0) is 10.0 Å². The summed E-state index contributed by atoms with van der Waals surface area (Å²) in [5.74, 6) is 0. The molecule has 0 radical (unpaired) electrons. The van der Waals surface area contributed by atoms with E-state index in [9.17, 15) is 8.42 Å². The van der Waals surface area contributed by atoms with Crippen molar-refractivity contribution in [1.82, 2.24) is 4.31 Å². The van der Waals surface area contributed by atoms with Crippen LogP contribution >= 0.6 is 15.9 Å². The van der Waals surface area contributed by atoms with Crippen LogP contribution in [0.5, 0.6) is 0 Å². The highest BCUT2D eigenvalue weighted by Gasteiger charge is 2.34. The second-order valence-corrected chi connectivity index (χ2v) is 8.80. The van der Waals surface area contributed by atoms with Crippen LogP contribution in [0, 0.1) is 12.3 Å². The zero-order chi connectivity index (χ0) is 15.0. The van der Waals surface area contributed by atoms with Gasteiger partial charge in [0.05, 0.1) is 4.90 Å². The number of hydrogen-bond donors (Lipinski definition) is 0. The van der Waals surface area contributed by atoms with Gasteiger partial charge in [0.15, 0.2) is 0 Å². The molecule has 112 valence electrons. The van der Waals surface area contributed by atoms with Gasteiger partial charge in [-0.1, -0.05) is 42.3 Å². The summed E-state index contributed by atoms with van der Waals surface area (Å²) in [5, 5.41) is 0. The number of benzene rings is 1. The fourth-order valence-electron chi connectivity index (χ4n) is 2.61. The van der Waals surface area contributed by atoms with Gasteiger partial charge in [-0.2, -0.15) is 4.31 Å². The Morgan fingerprint density at radius 3 is 2.45 bits per heavy atom. The molecule has 0 saturated carbocycles. The second-order valence-electron chi connectivity index (χ2n) is 5.98. The van der Waals surface area contributed by atoms with Gasteiger partial charge in [0.1, 0.15) is 0 Å². The minimum absolute atomic E-state index is 0.290. The van der Waals surface area contributed by atoms with Gasteiger partial charge in [-0.25, -0.2) is 8.42 Å². The van der Waals surface area contributed by atoms with E-state index in [2.05, 4.69) is 29.8 Å². The van der Waals surface area contributed by atoms with E-state index >= 15 is 0 Å². The molecule has 0 bridgehead atoms. The Hall–Kier alpha value is -0.390. The normalized spacial score (nSPS) is 20.0. The lowest BCUT2D eigenvalue weighted by atomic mass is 9.79. The Balaban J connectivity index is 2.26. The predicted octanol–water partition coefficient (Wildman–Crippen LogP) is 3.96. The van der Waals surface area contributed by atoms with Crippen molar-refractivity contribution in [3.05, 3.63) is 28.2 Å². The van der Waals surface area contributed by atoms with Crippen molar-refractivity contribution in [2.24, 2.45) is 5.41 Å². The topological polar surface area (TPSA) is 37.4 Å². The first-order valence-corrected chi connectivity index (χ1v) is 9.28. The molecule has 20 heavy (non-hydrogen) atoms. The molecule has 0 N–H and O–H groups in total. The van der Waals surface area contributed by atoms with E-state index in [1.165, 1.54) is 0 Å². The van der Waals surface area contributed by atoms with Crippen molar-refractivity contribution in [2.75, 3.05) is 13.1 Å². The van der Waals surface area contributed by atoms with E-state index in [0.29, 0.717) is 23.4 Å². The van der Waals surface area contributed by atoms with Gasteiger partial charge in [-0.3, -0.25) is 0 Å². The van der Waals surface area contributed by atoms with Gasteiger partial charge in [-0.05, 0) is 42.9 Å². The number of sulfonamides is 1. The van der Waals surface area contributed by atoms with E-state index < -0.39 is 10.0 Å². The van der Waals surface area contributed by atoms with Crippen molar-refractivity contribution in [3.63, 3.8) is 0 Å². The maximum absolute atomic E-state index is 12.8. The molecular weight excluding hydrogens is 338 g/mol. The molecule has 0 amide bonds. The first kappa shape index (κ1) is 16.0. The monoisotopic (exact) mass is 359 g/mol. The Morgan fingerprint density at radius 2 is 1.90 bits per heavy atom. The number of rotatable bonds is 3. The van der Waals surface area contributed by atoms with Gasteiger partial charge in [-0.15, -0.1) is 0 Å². The van der Waals surface area contributed by atoms with Crippen LogP contribution in [-0.4, -0.2) is 25.8 Å². The van der Waals surface area contributed by atoms with Crippen LogP contribution in [0.15, 0.2) is 27.6 Å². The van der Waals surface area contributed by atoms with Gasteiger partial charge in [0.2, 0.25) is 10.0 Å². The molecule has 1 aliphatic heterocycles. The van der Waals surface area contributed by atoms with Gasteiger partial charge >= 0.3 is 0 Å². The second kappa shape index (κ2) is 5.78. The Bertz CT molecular complexity index is 590. The van der Waals surface area contributed by atoms with Gasteiger partial charge < -0.3 is 0 Å². The number of piperidine rings is 1. The maximum atomic E-state index is 12.8. The molecule has 0 unspecified atom stereocenters. The lowest BCUT2D eigenvalue weighted by molar-refractivity contribution is 0.169. The minimum atomic E-state index is -3.37. The van der Waals surface area contributed by atoms with E-state index in [-0.39, 0.29) is 0 Å². The highest BCUT2D eigenvalue weighted by Crippen LogP contribution is 2.36. The highest BCUT2D eigenvalue weighted by molar-refractivity contribution is 9.10. The number of halogens is 1. The molecule has 1 saturated heterocycles. The quantitative estimate of drug-likeness (QED) is 0.818. The van der Waals surface area contributed by atoms with Crippen molar-refractivity contribution in [3.8, 4) is 0 Å². The fraction of sp³-hybridized carbons (Fsp3) is 0.600. The van der Waals surface area contributed by atoms with Crippen LogP contribution in [0.3, 0.4) is 0 Å². The summed E-state index contributed by atoms with van der Waals surface area (Å²) in [6, 6.07) is 5.42. The number of aryl methyl sites for hydroxylation is 1. The molecule has 1 aliphatic rings. The summed E-state index contributed by atoms with van der Waals surface area (Å²) in [6.07, 6.45) is 2.99. The summed E-state index contributed by atoms with van der Waals surface area (Å²) >= 11 is 3.36. The van der Waals surface area contributed by atoms with Crippen molar-refractivity contribution >= 4 is 26.0 Å². The Morgan fingerprint density at radius 1 is 1.30 bits per heavy atom. The summed E-state index contributed by atoms with van der Waals surface area (Å²) in [7, 11) is -3.37. The zero-order valence-corrected chi connectivity index (χ0v) is 14.7. The average Bonchev–Trinajstić information content (AvgIpc) is 2.42. The molecule has 0 atom stereocenters. The third kappa shape index (κ3) is 3.10. The molecule has 2 rings (SSSR count). The van der Waals surface area contributed by atoms with Crippen LogP contribution in [0.1, 0.15) is 38.7 Å². The Kier molecular flexibility index (Phi) is 4.62. The van der Waals surface area contributed by atoms with Gasteiger partial charge in [0.25, 0.3) is 0 Å². The van der Waals surface area contributed by atoms with Crippen LogP contribution in [0.2, 0.25) is 0 Å². The third-order valence-corrected chi connectivity index (χ3v) is 7.08. The number of nitrogens with zero attached hydrogens (tertiary/aromatic N) is 1. The molecular formula is C15H22BrNO2S. The molecule has 3 nitrogen and oxygen atoms in total. The molecule has 1 fully saturated rings. The highest BCUT2D eigenvalue weighted by atomic mass is 79.9. The largest absolute Gasteiger partial charge is 0.243 e. The van der Waals surface area contributed by atoms with Crippen molar-refractivity contribution < 1.29 is 8.42 Å². The standard InChI is InChI=1S/C15H22BrNO2S/c1-4-15(3)7-9-17(10-8-15)20(18,19)14-11-13(16)6-5-12(14)2/h5-6,11H,4,7-10H2,1-3H3. The summed E-state index contributed by atoms with van der Waals surface area (Å²) in [4.78, 5) is 0.423. The molecule has 1 aromatic rings. The lowest BCUT2D eigenvalue weighted by Crippen LogP contribution is -2.42. The van der Waals surface area contributed by atoms with E-state index in [0.717, 1.165) is 29.3 Å². The smallest absolute Gasteiger partial charge is 0.207 e. The summed E-state index contributed by atoms with van der Waals surface area (Å²) in [6.45, 7) is 7.53. The van der Waals surface area contributed by atoms with Crippen LogP contribution in [0.4, 0.5) is 0 Å². The predicted molar refractivity (Wildman–Crippen MR) is 85.3 cm³/mol. The maximum Gasteiger partial charge on any atom is 0.243 e. The van der Waals surface area contributed by atoms with E-state index in [1.54, 1.807) is 10.4 Å². The van der Waals surface area contributed by atoms with E-state index in [1.807, 2.05) is 19.1 Å². The molecule has 0 spiro atoms. The SMILES string of the molecule is CCC1(C)CCN(S(=O)(=O)c2cc(Br)ccc2C)CC1. The summed E-state index contributed by atoms with van der Waals surface area (Å²) < 4.78 is 28.0. The number of hydrogen-bond acceptors (Lipinski definition) is 2. The van der Waals surface area contributed by atoms with Crippen LogP contribution < -0.4 is 0 Å². The van der Waals surface area contributed by atoms with E-state index in [4.69, 9.17) is 0 Å². The average molecular weight is 360 g/mol. The lowest BCUT2D eigenvalue weighted by Gasteiger charge is -2.38. The zero-order valence-electron chi connectivity index (χ0n) is 12.3. The Labute approximate surface area is 130 Å². The minimum Gasteiger partial charge on any atom is -0.207 e. The molecule has 1 heterocycles.